The van der Waals surface area contributed by atoms with Crippen molar-refractivity contribution in [2.24, 2.45) is 0 Å². The highest BCUT2D eigenvalue weighted by Crippen LogP contribution is 2.00. The Kier molecular flexibility index (Phi) is 6.83. The fourth-order valence-electron chi connectivity index (χ4n) is 0.491. The van der Waals surface area contributed by atoms with Gasteiger partial charge in [-0.1, -0.05) is 0 Å². The van der Waals surface area contributed by atoms with Gasteiger partial charge in [-0.15, -0.1) is 12.6 Å². The number of aliphatic hydroxyl groups excluding tert-OH is 1. The molecule has 0 amide bonds. The summed E-state index contributed by atoms with van der Waals surface area (Å²) in [4.78, 5) is 10.4. The second-order valence-corrected chi connectivity index (χ2v) is 3.35. The number of carbonyl (C=O) groups is 1. The second-order valence-electron chi connectivity index (χ2n) is 2.00. The van der Waals surface area contributed by atoms with Gasteiger partial charge in [-0.05, 0) is 12.2 Å². The molecule has 0 fully saturated rings. The summed E-state index contributed by atoms with van der Waals surface area (Å²) in [6.45, 7) is 0.333. The number of ether oxygens (including phenoxy) is 1. The Morgan fingerprint density at radius 3 is 2.67 bits per heavy atom. The van der Waals surface area contributed by atoms with Crippen molar-refractivity contribution in [3.63, 3.8) is 0 Å². The van der Waals surface area contributed by atoms with Crippen LogP contribution in [0.4, 0.5) is 0 Å². The van der Waals surface area contributed by atoms with Crippen LogP contribution in [-0.4, -0.2) is 33.7 Å². The van der Waals surface area contributed by atoms with Gasteiger partial charge in [-0.3, -0.25) is 4.79 Å². The number of hydrogen-bond donors (Lipinski definition) is 3. The van der Waals surface area contributed by atoms with Crippen molar-refractivity contribution in [2.45, 2.75) is 12.5 Å². The van der Waals surface area contributed by atoms with Crippen molar-refractivity contribution >= 4 is 47.6 Å². The molecule has 0 aromatic rings. The summed E-state index contributed by atoms with van der Waals surface area (Å²) in [5.74, 6) is 0.516. The van der Waals surface area contributed by atoms with Gasteiger partial charge in [0.15, 0.2) is 10.2 Å². The molecule has 70 valence electrons. The first-order chi connectivity index (χ1) is 5.57. The van der Waals surface area contributed by atoms with E-state index in [2.05, 4.69) is 37.5 Å². The lowest BCUT2D eigenvalue weighted by atomic mass is 10.3. The lowest BCUT2D eigenvalue weighted by Crippen LogP contribution is -2.23. The summed E-state index contributed by atoms with van der Waals surface area (Å²) >= 11 is 12.0. The molecular formula is C6H10O3S3. The van der Waals surface area contributed by atoms with Crippen molar-refractivity contribution < 1.29 is 14.6 Å². The number of aliphatic hydroxyl groups is 1. The first-order valence-corrected chi connectivity index (χ1v) is 4.74. The Balaban J connectivity index is 3.69. The van der Waals surface area contributed by atoms with E-state index in [0.29, 0.717) is 12.4 Å². The molecular weight excluding hydrogens is 216 g/mol. The average Bonchev–Trinajstić information content (AvgIpc) is 1.98. The van der Waals surface area contributed by atoms with Crippen LogP contribution in [0.2, 0.25) is 0 Å². The highest BCUT2D eigenvalue weighted by Gasteiger charge is 2.14. The minimum absolute atomic E-state index is 0.0199. The fourth-order valence-corrected chi connectivity index (χ4v) is 0.922. The smallest absolute Gasteiger partial charge is 0.189 e. The summed E-state index contributed by atoms with van der Waals surface area (Å²) in [5.41, 5.74) is 0. The zero-order valence-electron chi connectivity index (χ0n) is 6.27. The molecule has 0 spiro atoms. The summed E-state index contributed by atoms with van der Waals surface area (Å²) in [5, 5.41) is 8.76. The average molecular weight is 226 g/mol. The molecule has 12 heavy (non-hydrogen) atoms. The molecule has 0 radical (unpaired) electrons. The third-order valence-corrected chi connectivity index (χ3v) is 1.73. The van der Waals surface area contributed by atoms with Gasteiger partial charge >= 0.3 is 0 Å². The van der Waals surface area contributed by atoms with Gasteiger partial charge < -0.3 is 9.84 Å². The maximum Gasteiger partial charge on any atom is 0.189 e. The van der Waals surface area contributed by atoms with E-state index in [-0.39, 0.29) is 11.5 Å². The molecule has 6 heteroatoms. The van der Waals surface area contributed by atoms with E-state index in [0.717, 1.165) is 0 Å². The molecule has 0 rings (SSSR count). The largest absolute Gasteiger partial charge is 0.484 e. The maximum atomic E-state index is 10.4. The zero-order chi connectivity index (χ0) is 9.56. The van der Waals surface area contributed by atoms with Crippen LogP contribution in [0.5, 0.6) is 0 Å². The maximum absolute atomic E-state index is 10.4. The van der Waals surface area contributed by atoms with Crippen LogP contribution in [0.3, 0.4) is 0 Å². The normalized spacial score (nSPS) is 12.2. The van der Waals surface area contributed by atoms with Gasteiger partial charge in [0.1, 0.15) is 6.10 Å². The van der Waals surface area contributed by atoms with Crippen LogP contribution >= 0.6 is 37.5 Å². The van der Waals surface area contributed by atoms with Crippen molar-refractivity contribution in [3.05, 3.63) is 0 Å². The van der Waals surface area contributed by atoms with Gasteiger partial charge in [0.2, 0.25) is 0 Å². The second kappa shape index (κ2) is 6.71. The lowest BCUT2D eigenvalue weighted by molar-refractivity contribution is -0.111. The highest BCUT2D eigenvalue weighted by atomic mass is 32.1. The Bertz CT molecular complexity index is 171. The molecule has 1 unspecified atom stereocenters. The lowest BCUT2D eigenvalue weighted by Gasteiger charge is -2.10. The van der Waals surface area contributed by atoms with Crippen LogP contribution in [-0.2, 0) is 9.53 Å². The molecule has 0 aromatic carbocycles. The monoisotopic (exact) mass is 226 g/mol. The van der Waals surface area contributed by atoms with E-state index >= 15 is 0 Å². The molecule has 0 aliphatic rings. The molecule has 3 nitrogen and oxygen atoms in total. The van der Waals surface area contributed by atoms with Crippen LogP contribution in [0, 0.1) is 0 Å². The summed E-state index contributed by atoms with van der Waals surface area (Å²) in [6, 6.07) is 0. The SMILES string of the molecule is O=C(S)CC(O)C(=S)OCCS. The van der Waals surface area contributed by atoms with Gasteiger partial charge in [0.25, 0.3) is 0 Å². The number of rotatable bonds is 5. The van der Waals surface area contributed by atoms with Crippen LogP contribution in [0.25, 0.3) is 0 Å². The Morgan fingerprint density at radius 2 is 2.25 bits per heavy atom. The fraction of sp³-hybridized carbons (Fsp3) is 0.667. The summed E-state index contributed by atoms with van der Waals surface area (Å²) < 4.78 is 4.87. The van der Waals surface area contributed by atoms with Gasteiger partial charge in [-0.2, -0.15) is 12.6 Å². The molecule has 0 aromatic heterocycles. The summed E-state index contributed by atoms with van der Waals surface area (Å²) in [7, 11) is 0. The number of thiol groups is 2. The predicted molar refractivity (Wildman–Crippen MR) is 57.0 cm³/mol. The summed E-state index contributed by atoms with van der Waals surface area (Å²) in [6.07, 6.45) is -1.15. The van der Waals surface area contributed by atoms with E-state index < -0.39 is 11.2 Å². The van der Waals surface area contributed by atoms with Crippen molar-refractivity contribution in [2.75, 3.05) is 12.4 Å². The predicted octanol–water partition coefficient (Wildman–Crippen LogP) is 0.468. The van der Waals surface area contributed by atoms with Gasteiger partial charge in [-0.25, -0.2) is 0 Å². The van der Waals surface area contributed by atoms with Gasteiger partial charge in [0.05, 0.1) is 13.0 Å². The third-order valence-electron chi connectivity index (χ3n) is 0.976. The van der Waals surface area contributed by atoms with Crippen LogP contribution in [0.15, 0.2) is 0 Å². The van der Waals surface area contributed by atoms with Crippen LogP contribution in [0.1, 0.15) is 6.42 Å². The van der Waals surface area contributed by atoms with Crippen molar-refractivity contribution in [3.8, 4) is 0 Å². The Morgan fingerprint density at radius 1 is 1.67 bits per heavy atom. The zero-order valence-corrected chi connectivity index (χ0v) is 8.87. The Labute approximate surface area is 87.3 Å². The molecule has 0 aliphatic heterocycles. The topological polar surface area (TPSA) is 46.5 Å². The van der Waals surface area contributed by atoms with Crippen molar-refractivity contribution in [1.82, 2.24) is 0 Å². The molecule has 0 aliphatic carbocycles. The highest BCUT2D eigenvalue weighted by molar-refractivity contribution is 7.96. The number of thiocarbonyl (C=S) groups is 1. The molecule has 0 saturated carbocycles. The minimum atomic E-state index is -1.04. The first-order valence-electron chi connectivity index (χ1n) is 3.25. The van der Waals surface area contributed by atoms with E-state index in [4.69, 9.17) is 9.84 Å². The number of carbonyl (C=O) groups excluding carboxylic acids is 1. The van der Waals surface area contributed by atoms with Gasteiger partial charge in [0, 0.05) is 5.75 Å². The molecule has 0 heterocycles. The third kappa shape index (κ3) is 5.82. The number of hydrogen-bond acceptors (Lipinski definition) is 5. The minimum Gasteiger partial charge on any atom is -0.484 e. The Hall–Kier alpha value is 0.220. The molecule has 0 bridgehead atoms. The molecule has 1 N–H and O–H groups in total. The molecule has 0 saturated heterocycles. The van der Waals surface area contributed by atoms with Crippen LogP contribution < -0.4 is 0 Å². The van der Waals surface area contributed by atoms with E-state index in [1.807, 2.05) is 0 Å². The van der Waals surface area contributed by atoms with E-state index in [9.17, 15) is 4.79 Å². The van der Waals surface area contributed by atoms with E-state index in [1.165, 1.54) is 0 Å². The standard InChI is InChI=1S/C6H10O3S3/c7-4(3-5(8)11)6(12)9-1-2-10/h4,7,10H,1-3H2,(H,8,11). The molecule has 1 atom stereocenters. The van der Waals surface area contributed by atoms with E-state index in [1.54, 1.807) is 0 Å². The van der Waals surface area contributed by atoms with Crippen molar-refractivity contribution in [1.29, 1.82) is 0 Å². The first kappa shape index (κ1) is 12.2. The quantitative estimate of drug-likeness (QED) is 0.471.